The number of carboxylic acid groups (broad SMARTS) is 1. The first-order valence-corrected chi connectivity index (χ1v) is 20.7. The number of carbonyl (C=O) groups is 1. The van der Waals surface area contributed by atoms with Crippen LogP contribution in [0.5, 0.6) is 17.2 Å². The van der Waals surface area contributed by atoms with Crippen LogP contribution in [0.25, 0.3) is 11.1 Å². The number of hydrogen-bond acceptors (Lipinski definition) is 9. The van der Waals surface area contributed by atoms with E-state index in [0.29, 0.717) is 60.2 Å². The number of aromatic nitrogens is 1. The molecule has 3 fully saturated rings. The number of nitriles is 1. The monoisotopic (exact) mass is 792 g/mol. The highest BCUT2D eigenvalue weighted by Crippen LogP contribution is 2.38. The maximum absolute atomic E-state index is 12.1. The van der Waals surface area contributed by atoms with E-state index in [4.69, 9.17) is 30.5 Å². The predicted molar refractivity (Wildman–Crippen MR) is 220 cm³/mol. The van der Waals surface area contributed by atoms with Crippen molar-refractivity contribution in [2.24, 2.45) is 5.92 Å². The number of nitrogens with zero attached hydrogens (tertiary/aromatic N) is 4. The molecule has 3 atom stereocenters. The van der Waals surface area contributed by atoms with Crippen molar-refractivity contribution in [3.63, 3.8) is 0 Å². The highest BCUT2D eigenvalue weighted by atomic mass is 35.5. The lowest BCUT2D eigenvalue weighted by Gasteiger charge is -2.41. The highest BCUT2D eigenvalue weighted by Gasteiger charge is 2.32. The van der Waals surface area contributed by atoms with Gasteiger partial charge in [0.05, 0.1) is 23.3 Å². The molecular formula is C46H53ClN4O6. The van der Waals surface area contributed by atoms with Gasteiger partial charge in [0.15, 0.2) is 0 Å². The number of piperidine rings is 2. The number of likely N-dealkylation sites (tertiary alicyclic amines) is 2. The van der Waals surface area contributed by atoms with Crippen LogP contribution in [0.2, 0.25) is 5.02 Å². The summed E-state index contributed by atoms with van der Waals surface area (Å²) in [4.78, 5) is 20.8. The predicted octanol–water partition coefficient (Wildman–Crippen LogP) is 8.76. The summed E-state index contributed by atoms with van der Waals surface area (Å²) >= 11 is 6.89. The molecule has 1 aromatic heterocycles. The second-order valence-corrected chi connectivity index (χ2v) is 16.0. The zero-order valence-electron chi connectivity index (χ0n) is 33.1. The summed E-state index contributed by atoms with van der Waals surface area (Å²) in [6.07, 6.45) is 10.6. The molecule has 0 aliphatic carbocycles. The molecular weight excluding hydrogens is 740 g/mol. The molecule has 0 saturated carbocycles. The molecule has 2 unspecified atom stereocenters. The van der Waals surface area contributed by atoms with Gasteiger partial charge >= 0.3 is 5.97 Å². The summed E-state index contributed by atoms with van der Waals surface area (Å²) in [5.74, 6) is 1.75. The van der Waals surface area contributed by atoms with Crippen molar-refractivity contribution in [2.75, 3.05) is 39.4 Å². The molecule has 0 amide bonds. The summed E-state index contributed by atoms with van der Waals surface area (Å²) in [6, 6.07) is 19.4. The number of pyridine rings is 1. The smallest absolute Gasteiger partial charge is 0.320 e. The number of carboxylic acids is 1. The highest BCUT2D eigenvalue weighted by molar-refractivity contribution is 6.32. The fraction of sp³-hybridized carbons (Fsp3) is 0.457. The van der Waals surface area contributed by atoms with Crippen molar-refractivity contribution in [3.05, 3.63) is 105 Å². The van der Waals surface area contributed by atoms with Crippen molar-refractivity contribution in [1.29, 1.82) is 5.26 Å². The Balaban J connectivity index is 1.03. The largest absolute Gasteiger partial charge is 0.493 e. The van der Waals surface area contributed by atoms with Gasteiger partial charge in [-0.15, -0.1) is 0 Å². The number of rotatable bonds is 15. The van der Waals surface area contributed by atoms with E-state index in [2.05, 4.69) is 66.2 Å². The van der Waals surface area contributed by atoms with Crippen LogP contribution in [-0.4, -0.2) is 77.4 Å². The average molecular weight is 793 g/mol. The first kappa shape index (κ1) is 40.5. The second kappa shape index (κ2) is 19.2. The molecule has 3 aliphatic heterocycles. The Hall–Kier alpha value is -4.66. The van der Waals surface area contributed by atoms with E-state index in [0.717, 1.165) is 96.6 Å². The molecule has 1 N–H and O–H groups in total. The molecule has 57 heavy (non-hydrogen) atoms. The molecule has 0 radical (unpaired) electrons. The fourth-order valence-electron chi connectivity index (χ4n) is 8.60. The lowest BCUT2D eigenvalue weighted by Crippen LogP contribution is -2.46. The molecule has 4 heterocycles. The third kappa shape index (κ3) is 10.1. The topological polar surface area (TPSA) is 117 Å². The maximum atomic E-state index is 12.1. The normalized spacial score (nSPS) is 20.0. The first-order chi connectivity index (χ1) is 27.8. The van der Waals surface area contributed by atoms with E-state index in [-0.39, 0.29) is 13.2 Å². The maximum Gasteiger partial charge on any atom is 0.320 e. The SMILES string of the molecule is Cc1c(COc2cc(OCc3cncc(C#N)c3)c(CN3CCCC[C@H]3C(=O)O)cc2Cl)cccc1-c1cccc(OCCCN2CCC3OCCCC3C2)c1C. The van der Waals surface area contributed by atoms with Gasteiger partial charge in [0.2, 0.25) is 0 Å². The summed E-state index contributed by atoms with van der Waals surface area (Å²) in [5.41, 5.74) is 7.41. The number of hydrogen-bond donors (Lipinski definition) is 1. The van der Waals surface area contributed by atoms with Gasteiger partial charge in [-0.3, -0.25) is 14.7 Å². The molecule has 4 aromatic rings. The number of fused-ring (bicyclic) bond motifs is 1. The van der Waals surface area contributed by atoms with E-state index < -0.39 is 12.0 Å². The summed E-state index contributed by atoms with van der Waals surface area (Å²) in [6.45, 7) is 10.6. The summed E-state index contributed by atoms with van der Waals surface area (Å²) < 4.78 is 25.1. The van der Waals surface area contributed by atoms with E-state index >= 15 is 0 Å². The Morgan fingerprint density at radius 3 is 2.58 bits per heavy atom. The lowest BCUT2D eigenvalue weighted by molar-refractivity contribution is -0.144. The molecule has 10 nitrogen and oxygen atoms in total. The van der Waals surface area contributed by atoms with Crippen molar-refractivity contribution in [3.8, 4) is 34.4 Å². The van der Waals surface area contributed by atoms with E-state index in [1.165, 1.54) is 19.0 Å². The molecule has 0 bridgehead atoms. The number of benzene rings is 3. The molecule has 7 rings (SSSR count). The van der Waals surface area contributed by atoms with Crippen LogP contribution in [0.1, 0.15) is 78.3 Å². The Labute approximate surface area is 341 Å². The van der Waals surface area contributed by atoms with Crippen molar-refractivity contribution >= 4 is 17.6 Å². The van der Waals surface area contributed by atoms with Crippen LogP contribution in [0.15, 0.2) is 67.0 Å². The fourth-order valence-corrected chi connectivity index (χ4v) is 8.84. The third-order valence-electron chi connectivity index (χ3n) is 11.8. The van der Waals surface area contributed by atoms with Crippen molar-refractivity contribution in [1.82, 2.24) is 14.8 Å². The van der Waals surface area contributed by atoms with E-state index in [1.54, 1.807) is 18.3 Å². The standard InChI is InChI=1S/C46H53ClN4O6/c1-31-36(9-5-11-38(31)39-12-6-14-42(32(39)2)54-20-8-16-50-18-15-43-35(27-50)10-7-19-55-43)30-57-45-23-44(56-29-34-21-33(24-48)25-49-26-34)37(22-40(45)47)28-51-17-4-3-13-41(51)46(52)53/h5-6,9,11-12,14,21-23,25-26,35,41,43H,3-4,7-8,10,13,15-20,27-30H2,1-2H3,(H,52,53)/t35?,41-,43?/m0/s1. The Morgan fingerprint density at radius 2 is 1.74 bits per heavy atom. The summed E-state index contributed by atoms with van der Waals surface area (Å²) in [5, 5.41) is 19.7. The number of aliphatic carboxylic acids is 1. The van der Waals surface area contributed by atoms with Crippen LogP contribution < -0.4 is 14.2 Å². The Bertz CT molecular complexity index is 2070. The second-order valence-electron chi connectivity index (χ2n) is 15.6. The molecule has 11 heteroatoms. The minimum atomic E-state index is -0.828. The van der Waals surface area contributed by atoms with Gasteiger partial charge in [-0.2, -0.15) is 5.26 Å². The van der Waals surface area contributed by atoms with Gasteiger partial charge in [0.25, 0.3) is 0 Å². The van der Waals surface area contributed by atoms with E-state index in [1.807, 2.05) is 11.0 Å². The molecule has 3 aliphatic rings. The van der Waals surface area contributed by atoms with E-state index in [9.17, 15) is 15.2 Å². The van der Waals surface area contributed by atoms with Crippen LogP contribution in [0.4, 0.5) is 0 Å². The van der Waals surface area contributed by atoms with Crippen molar-refractivity contribution < 1.29 is 28.8 Å². The third-order valence-corrected chi connectivity index (χ3v) is 12.1. The Kier molecular flexibility index (Phi) is 13.6. The van der Waals surface area contributed by atoms with Crippen LogP contribution in [0, 0.1) is 31.1 Å². The Morgan fingerprint density at radius 1 is 0.912 bits per heavy atom. The minimum Gasteiger partial charge on any atom is -0.493 e. The minimum absolute atomic E-state index is 0.164. The van der Waals surface area contributed by atoms with Gasteiger partial charge in [-0.25, -0.2) is 0 Å². The van der Waals surface area contributed by atoms with Gasteiger partial charge in [0, 0.05) is 62.4 Å². The first-order valence-electron chi connectivity index (χ1n) is 20.3. The van der Waals surface area contributed by atoms with Gasteiger partial charge < -0.3 is 29.0 Å². The van der Waals surface area contributed by atoms with Gasteiger partial charge in [-0.1, -0.05) is 48.4 Å². The summed E-state index contributed by atoms with van der Waals surface area (Å²) in [7, 11) is 0. The van der Waals surface area contributed by atoms with Crippen LogP contribution >= 0.6 is 11.6 Å². The zero-order chi connectivity index (χ0) is 39.7. The number of ether oxygens (including phenoxy) is 4. The van der Waals surface area contributed by atoms with Crippen molar-refractivity contribution in [2.45, 2.75) is 90.7 Å². The van der Waals surface area contributed by atoms with Gasteiger partial charge in [0.1, 0.15) is 42.6 Å². The van der Waals surface area contributed by atoms with Crippen LogP contribution in [-0.2, 0) is 29.3 Å². The average Bonchev–Trinajstić information content (AvgIpc) is 3.23. The van der Waals surface area contributed by atoms with Crippen LogP contribution in [0.3, 0.4) is 0 Å². The molecule has 300 valence electrons. The molecule has 0 spiro atoms. The lowest BCUT2D eigenvalue weighted by atomic mass is 9.88. The molecule has 3 aromatic carbocycles. The quantitative estimate of drug-likeness (QED) is 0.117. The van der Waals surface area contributed by atoms with Gasteiger partial charge in [-0.05, 0) is 111 Å². The zero-order valence-corrected chi connectivity index (χ0v) is 33.8. The number of halogens is 1. The molecule has 3 saturated heterocycles.